The molecule has 1 heterocycles. The number of amides is 1. The molecule has 3 N–H and O–H groups in total. The molecule has 35 heavy (non-hydrogen) atoms. The third-order valence-electron chi connectivity index (χ3n) is 5.87. The topological polar surface area (TPSA) is 97.8 Å². The average Bonchev–Trinajstić information content (AvgIpc) is 3.31. The maximum atomic E-state index is 13.7. The monoisotopic (exact) mass is 484 g/mol. The number of hydrogen-bond donors (Lipinski definition) is 3. The standard InChI is InChI=1S/C28H25ClN4O2/c1-2-31-28(35)21-10-11-22-23(17-33-25(22)15-21)27(34)26(20-6-4-3-5-7-20)32-13-12-19-9-8-18(16-30)14-24(19)29/h3-11,14-15,17,26,32-33H,2,12-13H2,1H3,(H,31,35)/t26-/m0/s1. The molecular formula is C28H25ClN4O2. The molecule has 0 spiro atoms. The number of halogens is 1. The van der Waals surface area contributed by atoms with Crippen LogP contribution < -0.4 is 10.6 Å². The van der Waals surface area contributed by atoms with E-state index in [0.717, 1.165) is 22.0 Å². The van der Waals surface area contributed by atoms with Crippen molar-refractivity contribution in [2.45, 2.75) is 19.4 Å². The Labute approximate surface area is 208 Å². The fourth-order valence-electron chi connectivity index (χ4n) is 4.07. The number of aromatic amines is 1. The number of benzene rings is 3. The molecule has 1 atom stereocenters. The third kappa shape index (κ3) is 5.43. The van der Waals surface area contributed by atoms with Crippen molar-refractivity contribution in [2.75, 3.05) is 13.1 Å². The van der Waals surface area contributed by atoms with Crippen LogP contribution in [0, 0.1) is 11.3 Å². The molecule has 4 rings (SSSR count). The summed E-state index contributed by atoms with van der Waals surface area (Å²) in [5.41, 5.74) is 4.10. The Morgan fingerprint density at radius 1 is 1.09 bits per heavy atom. The molecule has 3 aromatic carbocycles. The van der Waals surface area contributed by atoms with Crippen LogP contribution in [0.5, 0.6) is 0 Å². The molecule has 0 aliphatic rings. The Hall–Kier alpha value is -3.92. The van der Waals surface area contributed by atoms with Gasteiger partial charge in [0.25, 0.3) is 5.91 Å². The Bertz CT molecular complexity index is 1410. The van der Waals surface area contributed by atoms with E-state index in [2.05, 4.69) is 21.7 Å². The Morgan fingerprint density at radius 2 is 1.89 bits per heavy atom. The number of rotatable bonds is 9. The van der Waals surface area contributed by atoms with Crippen LogP contribution in [0.3, 0.4) is 0 Å². The average molecular weight is 485 g/mol. The maximum absolute atomic E-state index is 13.7. The zero-order valence-electron chi connectivity index (χ0n) is 19.3. The summed E-state index contributed by atoms with van der Waals surface area (Å²) in [4.78, 5) is 29.0. The van der Waals surface area contributed by atoms with Crippen molar-refractivity contribution in [2.24, 2.45) is 0 Å². The number of ketones is 1. The summed E-state index contributed by atoms with van der Waals surface area (Å²) in [6.45, 7) is 2.93. The van der Waals surface area contributed by atoms with Crippen LogP contribution in [0.15, 0.2) is 72.9 Å². The maximum Gasteiger partial charge on any atom is 0.251 e. The molecule has 7 heteroatoms. The van der Waals surface area contributed by atoms with Crippen molar-refractivity contribution >= 4 is 34.2 Å². The van der Waals surface area contributed by atoms with Gasteiger partial charge in [-0.3, -0.25) is 9.59 Å². The molecular weight excluding hydrogens is 460 g/mol. The van der Waals surface area contributed by atoms with Gasteiger partial charge in [-0.2, -0.15) is 5.26 Å². The first-order valence-electron chi connectivity index (χ1n) is 11.4. The third-order valence-corrected chi connectivity index (χ3v) is 6.22. The number of H-pyrrole nitrogens is 1. The van der Waals surface area contributed by atoms with Crippen molar-refractivity contribution in [1.82, 2.24) is 15.6 Å². The van der Waals surface area contributed by atoms with Crippen LogP contribution in [0.1, 0.15) is 50.4 Å². The van der Waals surface area contributed by atoms with E-state index in [4.69, 9.17) is 16.9 Å². The van der Waals surface area contributed by atoms with E-state index in [9.17, 15) is 9.59 Å². The number of carbonyl (C=O) groups excluding carboxylic acids is 2. The first-order chi connectivity index (χ1) is 17.0. The van der Waals surface area contributed by atoms with Gasteiger partial charge in [0.15, 0.2) is 5.78 Å². The predicted molar refractivity (Wildman–Crippen MR) is 138 cm³/mol. The molecule has 0 bridgehead atoms. The minimum atomic E-state index is -0.560. The van der Waals surface area contributed by atoms with Crippen LogP contribution in [0.25, 0.3) is 10.9 Å². The molecule has 0 aliphatic heterocycles. The Morgan fingerprint density at radius 3 is 2.60 bits per heavy atom. The van der Waals surface area contributed by atoms with E-state index in [-0.39, 0.29) is 11.7 Å². The normalized spacial score (nSPS) is 11.7. The molecule has 1 aromatic heterocycles. The molecule has 1 amide bonds. The summed E-state index contributed by atoms with van der Waals surface area (Å²) < 4.78 is 0. The van der Waals surface area contributed by atoms with E-state index in [0.29, 0.717) is 41.2 Å². The summed E-state index contributed by atoms with van der Waals surface area (Å²) in [7, 11) is 0. The number of carbonyl (C=O) groups is 2. The summed E-state index contributed by atoms with van der Waals surface area (Å²) in [6.07, 6.45) is 2.30. The fraction of sp³-hybridized carbons (Fsp3) is 0.179. The smallest absolute Gasteiger partial charge is 0.251 e. The van der Waals surface area contributed by atoms with Gasteiger partial charge in [0.05, 0.1) is 17.7 Å². The fourth-order valence-corrected chi connectivity index (χ4v) is 4.34. The second-order valence-electron chi connectivity index (χ2n) is 8.15. The van der Waals surface area contributed by atoms with Gasteiger partial charge < -0.3 is 15.6 Å². The lowest BCUT2D eigenvalue weighted by atomic mass is 9.96. The van der Waals surface area contributed by atoms with Crippen LogP contribution in [0.4, 0.5) is 0 Å². The second kappa shape index (κ2) is 11.0. The van der Waals surface area contributed by atoms with Crippen LogP contribution in [-0.4, -0.2) is 29.8 Å². The number of hydrogen-bond acceptors (Lipinski definition) is 4. The molecule has 0 radical (unpaired) electrons. The number of Topliss-reactive ketones (excluding diaryl/α,β-unsaturated/α-hetero) is 1. The van der Waals surface area contributed by atoms with Gasteiger partial charge >= 0.3 is 0 Å². The molecule has 0 saturated carbocycles. The molecule has 4 aromatic rings. The molecule has 6 nitrogen and oxygen atoms in total. The van der Waals surface area contributed by atoms with Crippen LogP contribution >= 0.6 is 11.6 Å². The van der Waals surface area contributed by atoms with Crippen molar-refractivity contribution in [1.29, 1.82) is 5.26 Å². The minimum absolute atomic E-state index is 0.0702. The van der Waals surface area contributed by atoms with Crippen molar-refractivity contribution < 1.29 is 9.59 Å². The number of nitriles is 1. The lowest BCUT2D eigenvalue weighted by Crippen LogP contribution is -2.30. The van der Waals surface area contributed by atoms with E-state index < -0.39 is 6.04 Å². The summed E-state index contributed by atoms with van der Waals surface area (Å²) in [5, 5.41) is 16.5. The van der Waals surface area contributed by atoms with E-state index in [1.54, 1.807) is 30.5 Å². The van der Waals surface area contributed by atoms with Gasteiger partial charge in [-0.1, -0.05) is 54.1 Å². The predicted octanol–water partition coefficient (Wildman–Crippen LogP) is 5.20. The van der Waals surface area contributed by atoms with Crippen molar-refractivity contribution in [3.05, 3.63) is 106 Å². The van der Waals surface area contributed by atoms with Gasteiger partial charge in [-0.25, -0.2) is 0 Å². The quantitative estimate of drug-likeness (QED) is 0.284. The van der Waals surface area contributed by atoms with Gasteiger partial charge in [-0.15, -0.1) is 0 Å². The summed E-state index contributed by atoms with van der Waals surface area (Å²) in [5.74, 6) is -0.221. The van der Waals surface area contributed by atoms with E-state index >= 15 is 0 Å². The highest BCUT2D eigenvalue weighted by Gasteiger charge is 2.24. The van der Waals surface area contributed by atoms with E-state index in [1.165, 1.54) is 0 Å². The highest BCUT2D eigenvalue weighted by Crippen LogP contribution is 2.26. The molecule has 0 saturated heterocycles. The Balaban J connectivity index is 1.57. The highest BCUT2D eigenvalue weighted by atomic mass is 35.5. The number of nitrogens with zero attached hydrogens (tertiary/aromatic N) is 1. The van der Waals surface area contributed by atoms with Crippen molar-refractivity contribution in [3.63, 3.8) is 0 Å². The molecule has 0 fully saturated rings. The SMILES string of the molecule is CCNC(=O)c1ccc2c(C(=O)[C@@H](NCCc3ccc(C#N)cc3Cl)c3ccccc3)c[nH]c2c1. The van der Waals surface area contributed by atoms with Crippen LogP contribution in [-0.2, 0) is 6.42 Å². The number of fused-ring (bicyclic) bond motifs is 1. The highest BCUT2D eigenvalue weighted by molar-refractivity contribution is 6.31. The lowest BCUT2D eigenvalue weighted by molar-refractivity contribution is 0.0941. The zero-order chi connectivity index (χ0) is 24.8. The minimum Gasteiger partial charge on any atom is -0.360 e. The number of nitrogens with one attached hydrogen (secondary N) is 3. The van der Waals surface area contributed by atoms with Crippen molar-refractivity contribution in [3.8, 4) is 6.07 Å². The summed E-state index contributed by atoms with van der Waals surface area (Å²) in [6, 6.07) is 21.6. The van der Waals surface area contributed by atoms with Gasteiger partial charge in [0.2, 0.25) is 0 Å². The largest absolute Gasteiger partial charge is 0.360 e. The summed E-state index contributed by atoms with van der Waals surface area (Å²) >= 11 is 6.33. The number of aromatic nitrogens is 1. The first kappa shape index (κ1) is 24.2. The first-order valence-corrected chi connectivity index (χ1v) is 11.8. The Kier molecular flexibility index (Phi) is 7.61. The lowest BCUT2D eigenvalue weighted by Gasteiger charge is -2.18. The second-order valence-corrected chi connectivity index (χ2v) is 8.56. The van der Waals surface area contributed by atoms with Gasteiger partial charge in [-0.05, 0) is 48.7 Å². The molecule has 0 aliphatic carbocycles. The molecule has 0 unspecified atom stereocenters. The molecule has 176 valence electrons. The van der Waals surface area contributed by atoms with E-state index in [1.807, 2.05) is 49.4 Å². The van der Waals surface area contributed by atoms with Gasteiger partial charge in [0, 0.05) is 46.3 Å². The van der Waals surface area contributed by atoms with Gasteiger partial charge in [0.1, 0.15) is 0 Å². The van der Waals surface area contributed by atoms with Crippen LogP contribution in [0.2, 0.25) is 5.02 Å². The zero-order valence-corrected chi connectivity index (χ0v) is 20.0.